The normalized spacial score (nSPS) is 10.6. The molecule has 0 saturated carbocycles. The minimum Gasteiger partial charge on any atom is -0.314 e. The molecule has 94 valence electrons. The lowest BCUT2D eigenvalue weighted by molar-refractivity contribution is 0.111. The van der Waals surface area contributed by atoms with Gasteiger partial charge in [0.1, 0.15) is 0 Å². The molecule has 0 aliphatic rings. The molecule has 4 heteroatoms. The molecule has 0 atom stereocenters. The second kappa shape index (κ2) is 5.03. The average Bonchev–Trinajstić information content (AvgIpc) is 3.08. The highest BCUT2D eigenvalue weighted by Crippen LogP contribution is 2.29. The molecule has 0 unspecified atom stereocenters. The summed E-state index contributed by atoms with van der Waals surface area (Å²) in [5.74, 6) is 0. The molecule has 0 amide bonds. The Labute approximate surface area is 119 Å². The van der Waals surface area contributed by atoms with Crippen molar-refractivity contribution in [3.8, 4) is 16.1 Å². The van der Waals surface area contributed by atoms with Crippen molar-refractivity contribution in [1.82, 2.24) is 4.57 Å². The molecule has 3 rings (SSSR count). The molecule has 3 aromatic rings. The molecule has 2 nitrogen and oxygen atoms in total. The van der Waals surface area contributed by atoms with Gasteiger partial charge in [-0.25, -0.2) is 0 Å². The van der Waals surface area contributed by atoms with Crippen LogP contribution in [0.25, 0.3) is 16.1 Å². The van der Waals surface area contributed by atoms with E-state index >= 15 is 0 Å². The summed E-state index contributed by atoms with van der Waals surface area (Å²) in [5.41, 5.74) is 2.54. The number of rotatable bonds is 3. The molecular formula is C15H10ClNOS. The van der Waals surface area contributed by atoms with E-state index in [1.165, 1.54) is 0 Å². The Bertz CT molecular complexity index is 698. The van der Waals surface area contributed by atoms with Crippen LogP contribution in [0, 0.1) is 0 Å². The Morgan fingerprint density at radius 2 is 1.89 bits per heavy atom. The summed E-state index contributed by atoms with van der Waals surface area (Å²) in [6, 6.07) is 13.4. The third-order valence-electron chi connectivity index (χ3n) is 2.93. The van der Waals surface area contributed by atoms with Gasteiger partial charge in [-0.2, -0.15) is 0 Å². The van der Waals surface area contributed by atoms with Crippen molar-refractivity contribution in [1.29, 1.82) is 0 Å². The SMILES string of the molecule is O=Cc1c(-c2cccs2)ccn1-c1ccc(Cl)cc1. The molecule has 1 aromatic carbocycles. The topological polar surface area (TPSA) is 22.0 Å². The Morgan fingerprint density at radius 3 is 2.53 bits per heavy atom. The van der Waals surface area contributed by atoms with Crippen molar-refractivity contribution in [2.45, 2.75) is 0 Å². The van der Waals surface area contributed by atoms with Crippen LogP contribution < -0.4 is 0 Å². The highest BCUT2D eigenvalue weighted by atomic mass is 35.5. The van der Waals surface area contributed by atoms with Crippen LogP contribution in [0.5, 0.6) is 0 Å². The van der Waals surface area contributed by atoms with Gasteiger partial charge in [0.15, 0.2) is 6.29 Å². The monoisotopic (exact) mass is 287 g/mol. The van der Waals surface area contributed by atoms with Crippen LogP contribution >= 0.6 is 22.9 Å². The lowest BCUT2D eigenvalue weighted by atomic mass is 10.2. The van der Waals surface area contributed by atoms with Gasteiger partial charge in [0.25, 0.3) is 0 Å². The van der Waals surface area contributed by atoms with Crippen molar-refractivity contribution >= 4 is 29.2 Å². The zero-order chi connectivity index (χ0) is 13.2. The van der Waals surface area contributed by atoms with Crippen LogP contribution in [0.15, 0.2) is 54.0 Å². The Kier molecular flexibility index (Phi) is 3.23. The smallest absolute Gasteiger partial charge is 0.167 e. The van der Waals surface area contributed by atoms with E-state index in [2.05, 4.69) is 0 Å². The Morgan fingerprint density at radius 1 is 1.11 bits per heavy atom. The zero-order valence-electron chi connectivity index (χ0n) is 9.92. The highest BCUT2D eigenvalue weighted by molar-refractivity contribution is 7.13. The zero-order valence-corrected chi connectivity index (χ0v) is 11.5. The first-order chi connectivity index (χ1) is 9.29. The molecular weight excluding hydrogens is 278 g/mol. The lowest BCUT2D eigenvalue weighted by Gasteiger charge is -2.06. The highest BCUT2D eigenvalue weighted by Gasteiger charge is 2.12. The summed E-state index contributed by atoms with van der Waals surface area (Å²) in [4.78, 5) is 12.5. The standard InChI is InChI=1S/C15H10ClNOS/c16-11-3-5-12(6-4-11)17-8-7-13(14(17)10-18)15-2-1-9-19-15/h1-10H. The predicted molar refractivity (Wildman–Crippen MR) is 79.5 cm³/mol. The van der Waals surface area contributed by atoms with Crippen LogP contribution in [-0.4, -0.2) is 10.9 Å². The summed E-state index contributed by atoms with van der Waals surface area (Å²) in [6.07, 6.45) is 2.80. The number of hydrogen-bond acceptors (Lipinski definition) is 2. The van der Waals surface area contributed by atoms with E-state index in [9.17, 15) is 4.79 Å². The summed E-state index contributed by atoms with van der Waals surface area (Å²) < 4.78 is 1.87. The number of carbonyl (C=O) groups excluding carboxylic acids is 1. The van der Waals surface area contributed by atoms with E-state index in [1.807, 2.05) is 58.6 Å². The van der Waals surface area contributed by atoms with E-state index in [4.69, 9.17) is 11.6 Å². The van der Waals surface area contributed by atoms with Crippen LogP contribution in [0.3, 0.4) is 0 Å². The number of nitrogens with zero attached hydrogens (tertiary/aromatic N) is 1. The minimum atomic E-state index is 0.657. The van der Waals surface area contributed by atoms with Crippen LogP contribution in [-0.2, 0) is 0 Å². The lowest BCUT2D eigenvalue weighted by Crippen LogP contribution is -1.98. The van der Waals surface area contributed by atoms with Gasteiger partial charge in [0.2, 0.25) is 0 Å². The fourth-order valence-corrected chi connectivity index (χ4v) is 2.92. The second-order valence-electron chi connectivity index (χ2n) is 4.06. The van der Waals surface area contributed by atoms with Crippen molar-refractivity contribution < 1.29 is 4.79 Å². The number of aromatic nitrogens is 1. The van der Waals surface area contributed by atoms with Crippen molar-refractivity contribution in [3.63, 3.8) is 0 Å². The van der Waals surface area contributed by atoms with Gasteiger partial charge >= 0.3 is 0 Å². The quantitative estimate of drug-likeness (QED) is 0.642. The Balaban J connectivity index is 2.13. The summed E-state index contributed by atoms with van der Waals surface area (Å²) in [7, 11) is 0. The van der Waals surface area contributed by atoms with E-state index < -0.39 is 0 Å². The first kappa shape index (κ1) is 12.2. The maximum Gasteiger partial charge on any atom is 0.167 e. The molecule has 19 heavy (non-hydrogen) atoms. The van der Waals surface area contributed by atoms with Crippen LogP contribution in [0.2, 0.25) is 5.02 Å². The van der Waals surface area contributed by atoms with Gasteiger partial charge in [-0.1, -0.05) is 17.7 Å². The molecule has 0 radical (unpaired) electrons. The van der Waals surface area contributed by atoms with E-state index in [0.717, 1.165) is 22.4 Å². The van der Waals surface area contributed by atoms with Crippen LogP contribution in [0.1, 0.15) is 10.5 Å². The van der Waals surface area contributed by atoms with Gasteiger partial charge in [-0.15, -0.1) is 11.3 Å². The maximum absolute atomic E-state index is 11.4. The van der Waals surface area contributed by atoms with Crippen molar-refractivity contribution in [3.05, 3.63) is 64.8 Å². The first-order valence-corrected chi connectivity index (χ1v) is 7.01. The Hall–Kier alpha value is -1.84. The minimum absolute atomic E-state index is 0.657. The number of aldehydes is 1. The van der Waals surface area contributed by atoms with Crippen molar-refractivity contribution in [2.24, 2.45) is 0 Å². The molecule has 0 N–H and O–H groups in total. The van der Waals surface area contributed by atoms with E-state index in [-0.39, 0.29) is 0 Å². The molecule has 0 saturated heterocycles. The second-order valence-corrected chi connectivity index (χ2v) is 5.44. The first-order valence-electron chi connectivity index (χ1n) is 5.76. The maximum atomic E-state index is 11.4. The number of thiophene rings is 1. The van der Waals surface area contributed by atoms with E-state index in [1.54, 1.807) is 11.3 Å². The summed E-state index contributed by atoms with van der Waals surface area (Å²) in [5, 5.41) is 2.69. The van der Waals surface area contributed by atoms with Gasteiger partial charge in [-0.3, -0.25) is 4.79 Å². The molecule has 2 aromatic heterocycles. The number of hydrogen-bond donors (Lipinski definition) is 0. The van der Waals surface area contributed by atoms with Gasteiger partial charge in [-0.05, 0) is 41.8 Å². The predicted octanol–water partition coefficient (Wildman–Crippen LogP) is 4.67. The van der Waals surface area contributed by atoms with Gasteiger partial charge < -0.3 is 4.57 Å². The molecule has 2 heterocycles. The third kappa shape index (κ3) is 2.23. The number of halogens is 1. The summed E-state index contributed by atoms with van der Waals surface area (Å²) >= 11 is 7.51. The van der Waals surface area contributed by atoms with Gasteiger partial charge in [0, 0.05) is 27.3 Å². The van der Waals surface area contributed by atoms with Gasteiger partial charge in [0.05, 0.1) is 5.69 Å². The van der Waals surface area contributed by atoms with E-state index in [0.29, 0.717) is 10.7 Å². The molecule has 0 aliphatic heterocycles. The number of benzene rings is 1. The molecule has 0 bridgehead atoms. The summed E-state index contributed by atoms with van der Waals surface area (Å²) in [6.45, 7) is 0. The van der Waals surface area contributed by atoms with Crippen LogP contribution in [0.4, 0.5) is 0 Å². The fraction of sp³-hybridized carbons (Fsp3) is 0. The largest absolute Gasteiger partial charge is 0.314 e. The molecule has 0 aliphatic carbocycles. The molecule has 0 fully saturated rings. The number of carbonyl (C=O) groups is 1. The average molecular weight is 288 g/mol. The fourth-order valence-electron chi connectivity index (χ4n) is 2.03. The third-order valence-corrected chi connectivity index (χ3v) is 4.08. The van der Waals surface area contributed by atoms with Crippen molar-refractivity contribution in [2.75, 3.05) is 0 Å². The molecule has 0 spiro atoms.